The van der Waals surface area contributed by atoms with Gasteiger partial charge in [-0.15, -0.1) is 0 Å². The molecule has 2 fully saturated rings. The van der Waals surface area contributed by atoms with Crippen molar-refractivity contribution in [3.8, 4) is 0 Å². The first-order valence-corrected chi connectivity index (χ1v) is 7.33. The Bertz CT molecular complexity index is 242. The molecule has 3 unspecified atom stereocenters. The van der Waals surface area contributed by atoms with Gasteiger partial charge in [0.05, 0.1) is 12.2 Å². The Balaban J connectivity index is 1.69. The van der Waals surface area contributed by atoms with Crippen LogP contribution >= 0.6 is 0 Å². The molecule has 0 radical (unpaired) electrons. The Kier molecular flexibility index (Phi) is 5.42. The summed E-state index contributed by atoms with van der Waals surface area (Å²) in [7, 11) is 4.21. The molecule has 3 atom stereocenters. The summed E-state index contributed by atoms with van der Waals surface area (Å²) in [4.78, 5) is 4.68. The molecule has 2 rings (SSSR count). The van der Waals surface area contributed by atoms with Crippen molar-refractivity contribution in [3.05, 3.63) is 0 Å². The van der Waals surface area contributed by atoms with E-state index in [0.717, 1.165) is 32.7 Å². The Morgan fingerprint density at radius 3 is 2.89 bits per heavy atom. The van der Waals surface area contributed by atoms with Gasteiger partial charge >= 0.3 is 0 Å². The van der Waals surface area contributed by atoms with Crippen LogP contribution < -0.4 is 0 Å². The molecular formula is C14H28N2O2. The first-order chi connectivity index (χ1) is 8.65. The number of likely N-dealkylation sites (tertiary alicyclic amines) is 1. The van der Waals surface area contributed by atoms with Crippen LogP contribution in [0, 0.1) is 0 Å². The minimum Gasteiger partial charge on any atom is -0.392 e. The van der Waals surface area contributed by atoms with Crippen LogP contribution in [-0.4, -0.2) is 73.5 Å². The van der Waals surface area contributed by atoms with Gasteiger partial charge < -0.3 is 14.7 Å². The maximum Gasteiger partial charge on any atom is 0.0682 e. The van der Waals surface area contributed by atoms with Gasteiger partial charge in [0.1, 0.15) is 0 Å². The lowest BCUT2D eigenvalue weighted by atomic mass is 10.1. The van der Waals surface area contributed by atoms with Crippen molar-refractivity contribution in [1.82, 2.24) is 9.80 Å². The van der Waals surface area contributed by atoms with E-state index in [0.29, 0.717) is 12.1 Å². The van der Waals surface area contributed by atoms with Gasteiger partial charge in [0.15, 0.2) is 0 Å². The number of aliphatic hydroxyl groups excluding tert-OH is 1. The van der Waals surface area contributed by atoms with E-state index in [1.165, 1.54) is 25.7 Å². The minimum atomic E-state index is -0.127. The molecule has 0 bridgehead atoms. The number of nitrogens with zero attached hydrogens (tertiary/aromatic N) is 2. The second-order valence-electron chi connectivity index (χ2n) is 6.08. The van der Waals surface area contributed by atoms with Crippen LogP contribution in [0.5, 0.6) is 0 Å². The van der Waals surface area contributed by atoms with Crippen molar-refractivity contribution in [3.63, 3.8) is 0 Å². The van der Waals surface area contributed by atoms with Gasteiger partial charge in [0.25, 0.3) is 0 Å². The van der Waals surface area contributed by atoms with Crippen LogP contribution in [0.1, 0.15) is 32.1 Å². The zero-order chi connectivity index (χ0) is 13.0. The normalized spacial score (nSPS) is 33.7. The van der Waals surface area contributed by atoms with Crippen LogP contribution in [0.25, 0.3) is 0 Å². The summed E-state index contributed by atoms with van der Waals surface area (Å²) in [5.74, 6) is 0. The maximum atomic E-state index is 9.81. The van der Waals surface area contributed by atoms with Crippen LogP contribution in [0.15, 0.2) is 0 Å². The van der Waals surface area contributed by atoms with E-state index in [9.17, 15) is 5.11 Å². The number of likely N-dealkylation sites (N-methyl/N-ethyl adjacent to an activating group) is 1. The number of β-amino-alcohol motifs (C(OH)–C–C–N with tert-alkyl or cyclic N) is 1. The minimum absolute atomic E-state index is 0.127. The Hall–Kier alpha value is -0.160. The van der Waals surface area contributed by atoms with E-state index in [1.807, 2.05) is 0 Å². The molecular weight excluding hydrogens is 228 g/mol. The van der Waals surface area contributed by atoms with E-state index < -0.39 is 0 Å². The molecule has 0 aliphatic carbocycles. The van der Waals surface area contributed by atoms with Crippen LogP contribution in [-0.2, 0) is 4.74 Å². The van der Waals surface area contributed by atoms with Gasteiger partial charge in [-0.25, -0.2) is 0 Å². The predicted octanol–water partition coefficient (Wildman–Crippen LogP) is 0.942. The second kappa shape index (κ2) is 6.85. The molecule has 4 nitrogen and oxygen atoms in total. The number of ether oxygens (including phenoxy) is 1. The quantitative estimate of drug-likeness (QED) is 0.767. The number of hydrogen-bond acceptors (Lipinski definition) is 4. The molecule has 1 N–H and O–H groups in total. The molecule has 0 aromatic heterocycles. The van der Waals surface area contributed by atoms with Gasteiger partial charge in [-0.1, -0.05) is 0 Å². The lowest BCUT2D eigenvalue weighted by molar-refractivity contribution is 0.0964. The zero-order valence-corrected chi connectivity index (χ0v) is 11.8. The highest BCUT2D eigenvalue weighted by molar-refractivity contribution is 4.86. The first-order valence-electron chi connectivity index (χ1n) is 7.33. The number of hydrogen-bond donors (Lipinski definition) is 1. The summed E-state index contributed by atoms with van der Waals surface area (Å²) in [6, 6.07) is 0.527. The third-order valence-corrected chi connectivity index (χ3v) is 4.08. The third-order valence-electron chi connectivity index (χ3n) is 4.08. The fourth-order valence-corrected chi connectivity index (χ4v) is 3.24. The molecule has 2 heterocycles. The lowest BCUT2D eigenvalue weighted by Crippen LogP contribution is -2.38. The molecule has 0 aromatic rings. The second-order valence-corrected chi connectivity index (χ2v) is 6.08. The molecule has 18 heavy (non-hydrogen) atoms. The molecule has 0 aromatic carbocycles. The summed E-state index contributed by atoms with van der Waals surface area (Å²) < 4.78 is 5.65. The van der Waals surface area contributed by atoms with Gasteiger partial charge in [0, 0.05) is 25.7 Å². The number of rotatable bonds is 6. The third kappa shape index (κ3) is 4.19. The lowest BCUT2D eigenvalue weighted by Gasteiger charge is -2.26. The van der Waals surface area contributed by atoms with Crippen molar-refractivity contribution in [1.29, 1.82) is 0 Å². The Labute approximate surface area is 111 Å². The number of aliphatic hydroxyl groups is 1. The van der Waals surface area contributed by atoms with Gasteiger partial charge in [-0.05, 0) is 52.7 Å². The topological polar surface area (TPSA) is 35.9 Å². The van der Waals surface area contributed by atoms with E-state index in [1.54, 1.807) is 0 Å². The summed E-state index contributed by atoms with van der Waals surface area (Å²) in [6.07, 6.45) is 6.16. The van der Waals surface area contributed by atoms with E-state index >= 15 is 0 Å². The van der Waals surface area contributed by atoms with E-state index in [4.69, 9.17) is 4.74 Å². The Morgan fingerprint density at radius 1 is 1.39 bits per heavy atom. The highest BCUT2D eigenvalue weighted by Crippen LogP contribution is 2.21. The fourth-order valence-electron chi connectivity index (χ4n) is 3.24. The van der Waals surface area contributed by atoms with Crippen molar-refractivity contribution in [2.75, 3.05) is 40.3 Å². The van der Waals surface area contributed by atoms with Crippen LogP contribution in [0.4, 0.5) is 0 Å². The van der Waals surface area contributed by atoms with Crippen LogP contribution in [0.2, 0.25) is 0 Å². The zero-order valence-electron chi connectivity index (χ0n) is 11.8. The molecule has 4 heteroatoms. The Morgan fingerprint density at radius 2 is 2.22 bits per heavy atom. The summed E-state index contributed by atoms with van der Waals surface area (Å²) in [5.41, 5.74) is 0. The predicted molar refractivity (Wildman–Crippen MR) is 72.7 cm³/mol. The van der Waals surface area contributed by atoms with Gasteiger partial charge in [-0.2, -0.15) is 0 Å². The van der Waals surface area contributed by atoms with Gasteiger partial charge in [0.2, 0.25) is 0 Å². The summed E-state index contributed by atoms with van der Waals surface area (Å²) in [5, 5.41) is 9.81. The molecule has 2 aliphatic rings. The highest BCUT2D eigenvalue weighted by atomic mass is 16.5. The smallest absolute Gasteiger partial charge is 0.0682 e. The van der Waals surface area contributed by atoms with E-state index in [-0.39, 0.29) is 6.10 Å². The fraction of sp³-hybridized carbons (Fsp3) is 1.00. The molecule has 0 spiro atoms. The van der Waals surface area contributed by atoms with Crippen molar-refractivity contribution in [2.45, 2.75) is 50.4 Å². The highest BCUT2D eigenvalue weighted by Gasteiger charge is 2.30. The van der Waals surface area contributed by atoms with Crippen LogP contribution in [0.3, 0.4) is 0 Å². The maximum absolute atomic E-state index is 9.81. The molecule has 2 saturated heterocycles. The van der Waals surface area contributed by atoms with Crippen molar-refractivity contribution < 1.29 is 9.84 Å². The first kappa shape index (κ1) is 14.3. The average molecular weight is 256 g/mol. The summed E-state index contributed by atoms with van der Waals surface area (Å²) >= 11 is 0. The standard InChI is InChI=1S/C14H28N2O2/c1-15(2)10-12-9-13(17)11-16(12)7-3-5-14-6-4-8-18-14/h12-14,17H,3-11H2,1-2H3. The monoisotopic (exact) mass is 256 g/mol. The molecule has 106 valence electrons. The molecule has 2 aliphatic heterocycles. The molecule has 0 amide bonds. The average Bonchev–Trinajstić information content (AvgIpc) is 2.89. The van der Waals surface area contributed by atoms with Crippen molar-refractivity contribution in [2.24, 2.45) is 0 Å². The molecule has 0 saturated carbocycles. The summed E-state index contributed by atoms with van der Waals surface area (Å²) in [6.45, 7) is 3.97. The van der Waals surface area contributed by atoms with E-state index in [2.05, 4.69) is 23.9 Å². The van der Waals surface area contributed by atoms with Crippen molar-refractivity contribution >= 4 is 0 Å². The SMILES string of the molecule is CN(C)CC1CC(O)CN1CCCC1CCCO1. The largest absolute Gasteiger partial charge is 0.392 e. The van der Waals surface area contributed by atoms with Gasteiger partial charge in [-0.3, -0.25) is 4.90 Å².